The third-order valence-electron chi connectivity index (χ3n) is 5.20. The van der Waals surface area contributed by atoms with Crippen molar-refractivity contribution in [3.8, 4) is 5.75 Å². The van der Waals surface area contributed by atoms with Gasteiger partial charge in [0.15, 0.2) is 6.61 Å². The monoisotopic (exact) mass is 512 g/mol. The summed E-state index contributed by atoms with van der Waals surface area (Å²) in [5, 5.41) is 4.53. The first-order chi connectivity index (χ1) is 15.5. The third kappa shape index (κ3) is 7.80. The van der Waals surface area contributed by atoms with E-state index in [9.17, 15) is 9.59 Å². The third-order valence-corrected chi connectivity index (χ3v) is 6.38. The van der Waals surface area contributed by atoms with Crippen LogP contribution in [-0.2, 0) is 16.1 Å². The van der Waals surface area contributed by atoms with Gasteiger partial charge < -0.3 is 15.0 Å². The van der Waals surface area contributed by atoms with Crippen molar-refractivity contribution in [2.45, 2.75) is 53.6 Å². The van der Waals surface area contributed by atoms with E-state index in [0.29, 0.717) is 45.3 Å². The van der Waals surface area contributed by atoms with E-state index in [2.05, 4.69) is 5.32 Å². The molecule has 0 aromatic heterocycles. The van der Waals surface area contributed by atoms with Crippen molar-refractivity contribution in [3.05, 3.63) is 62.1 Å². The lowest BCUT2D eigenvalue weighted by molar-refractivity contribution is -0.143. The van der Waals surface area contributed by atoms with E-state index >= 15 is 0 Å². The molecule has 2 amide bonds. The average Bonchev–Trinajstić information content (AvgIpc) is 2.75. The Hall–Kier alpha value is -1.95. The van der Waals surface area contributed by atoms with Crippen LogP contribution in [0.15, 0.2) is 30.3 Å². The maximum absolute atomic E-state index is 13.3. The highest BCUT2D eigenvalue weighted by Crippen LogP contribution is 2.27. The zero-order chi connectivity index (χ0) is 24.7. The van der Waals surface area contributed by atoms with Crippen LogP contribution in [0.3, 0.4) is 0 Å². The molecule has 2 aromatic carbocycles. The zero-order valence-electron chi connectivity index (χ0n) is 19.7. The molecule has 0 radical (unpaired) electrons. The van der Waals surface area contributed by atoms with Crippen molar-refractivity contribution in [2.24, 2.45) is 5.92 Å². The van der Waals surface area contributed by atoms with Gasteiger partial charge in [0.25, 0.3) is 5.91 Å². The summed E-state index contributed by atoms with van der Waals surface area (Å²) >= 11 is 18.6. The first-order valence-electron chi connectivity index (χ1n) is 10.9. The molecular weight excluding hydrogens is 483 g/mol. The molecule has 1 N–H and O–H groups in total. The Morgan fingerprint density at radius 1 is 1.06 bits per heavy atom. The Morgan fingerprint density at radius 2 is 1.70 bits per heavy atom. The highest BCUT2D eigenvalue weighted by Gasteiger charge is 2.29. The molecule has 5 nitrogen and oxygen atoms in total. The molecule has 2 aromatic rings. The van der Waals surface area contributed by atoms with Gasteiger partial charge >= 0.3 is 0 Å². The van der Waals surface area contributed by atoms with Crippen LogP contribution in [0.4, 0.5) is 0 Å². The number of nitrogens with one attached hydrogen (secondary N) is 1. The number of ether oxygens (including phenoxy) is 1. The summed E-state index contributed by atoms with van der Waals surface area (Å²) in [4.78, 5) is 27.8. The van der Waals surface area contributed by atoms with E-state index in [1.165, 1.54) is 4.90 Å². The molecule has 0 saturated carbocycles. The van der Waals surface area contributed by atoms with E-state index in [1.54, 1.807) is 30.3 Å². The summed E-state index contributed by atoms with van der Waals surface area (Å²) in [6, 6.07) is 8.00. The van der Waals surface area contributed by atoms with Crippen molar-refractivity contribution in [3.63, 3.8) is 0 Å². The summed E-state index contributed by atoms with van der Waals surface area (Å²) in [6.07, 6.45) is 0.444. The average molecular weight is 514 g/mol. The number of amides is 2. The maximum Gasteiger partial charge on any atom is 0.261 e. The van der Waals surface area contributed by atoms with Crippen LogP contribution < -0.4 is 10.1 Å². The predicted molar refractivity (Wildman–Crippen MR) is 135 cm³/mol. The molecule has 0 fully saturated rings. The minimum absolute atomic E-state index is 0.157. The lowest BCUT2D eigenvalue weighted by Crippen LogP contribution is -2.50. The van der Waals surface area contributed by atoms with Crippen LogP contribution >= 0.6 is 34.8 Å². The molecular formula is C25H31Cl3N2O3. The molecule has 2 rings (SSSR count). The molecule has 8 heteroatoms. The topological polar surface area (TPSA) is 58.6 Å². The van der Waals surface area contributed by atoms with Gasteiger partial charge in [-0.15, -0.1) is 0 Å². The fourth-order valence-corrected chi connectivity index (χ4v) is 3.97. The SMILES string of the molecule is CC[C@H](C(=O)NCC(C)C)N(Cc1ccc(Cl)cc1Cl)C(=O)COc1cc(C)c(Cl)c(C)c1. The smallest absolute Gasteiger partial charge is 0.261 e. The number of carbonyl (C=O) groups excluding carboxylic acids is 2. The lowest BCUT2D eigenvalue weighted by Gasteiger charge is -2.31. The summed E-state index contributed by atoms with van der Waals surface area (Å²) in [6.45, 7) is 10.1. The second kappa shape index (κ2) is 12.5. The largest absolute Gasteiger partial charge is 0.484 e. The molecule has 0 bridgehead atoms. The van der Waals surface area contributed by atoms with Gasteiger partial charge in [0, 0.05) is 28.2 Å². The normalized spacial score (nSPS) is 11.9. The number of carbonyl (C=O) groups is 2. The second-order valence-electron chi connectivity index (χ2n) is 8.48. The van der Waals surface area contributed by atoms with Crippen LogP contribution in [0.2, 0.25) is 15.1 Å². The first-order valence-corrected chi connectivity index (χ1v) is 12.1. The van der Waals surface area contributed by atoms with Crippen molar-refractivity contribution in [1.29, 1.82) is 0 Å². The quantitative estimate of drug-likeness (QED) is 0.410. The van der Waals surface area contributed by atoms with E-state index in [4.69, 9.17) is 39.5 Å². The Labute approximate surface area is 211 Å². The number of halogens is 3. The highest BCUT2D eigenvalue weighted by atomic mass is 35.5. The van der Waals surface area contributed by atoms with Crippen LogP contribution in [-0.4, -0.2) is 35.9 Å². The molecule has 0 unspecified atom stereocenters. The predicted octanol–water partition coefficient (Wildman–Crippen LogP) is 6.22. The molecule has 0 aliphatic carbocycles. The second-order valence-corrected chi connectivity index (χ2v) is 9.70. The van der Waals surface area contributed by atoms with Crippen molar-refractivity contribution >= 4 is 46.6 Å². The Kier molecular flexibility index (Phi) is 10.3. The van der Waals surface area contributed by atoms with Gasteiger partial charge in [-0.2, -0.15) is 0 Å². The highest BCUT2D eigenvalue weighted by molar-refractivity contribution is 6.35. The number of hydrogen-bond acceptors (Lipinski definition) is 3. The zero-order valence-corrected chi connectivity index (χ0v) is 21.9. The first kappa shape index (κ1) is 27.3. The fraction of sp³-hybridized carbons (Fsp3) is 0.440. The van der Waals surface area contributed by atoms with Gasteiger partial charge in [-0.3, -0.25) is 9.59 Å². The number of nitrogens with zero attached hydrogens (tertiary/aromatic N) is 1. The molecule has 33 heavy (non-hydrogen) atoms. The molecule has 0 saturated heterocycles. The molecule has 0 spiro atoms. The van der Waals surface area contributed by atoms with Crippen LogP contribution in [0.1, 0.15) is 43.9 Å². The summed E-state index contributed by atoms with van der Waals surface area (Å²) in [7, 11) is 0. The molecule has 0 aliphatic rings. The number of aryl methyl sites for hydroxylation is 2. The summed E-state index contributed by atoms with van der Waals surface area (Å²) in [5.41, 5.74) is 2.43. The van der Waals surface area contributed by atoms with Crippen molar-refractivity contribution < 1.29 is 14.3 Å². The van der Waals surface area contributed by atoms with Crippen LogP contribution in [0, 0.1) is 19.8 Å². The Morgan fingerprint density at radius 3 is 2.24 bits per heavy atom. The Bertz CT molecular complexity index is 972. The molecule has 180 valence electrons. The van der Waals surface area contributed by atoms with Gasteiger partial charge in [-0.25, -0.2) is 0 Å². The van der Waals surface area contributed by atoms with Gasteiger partial charge in [-0.1, -0.05) is 61.6 Å². The van der Waals surface area contributed by atoms with E-state index in [1.807, 2.05) is 34.6 Å². The van der Waals surface area contributed by atoms with Crippen LogP contribution in [0.5, 0.6) is 5.75 Å². The number of benzene rings is 2. The maximum atomic E-state index is 13.3. The van der Waals surface area contributed by atoms with Crippen molar-refractivity contribution in [1.82, 2.24) is 10.2 Å². The number of hydrogen-bond donors (Lipinski definition) is 1. The Balaban J connectivity index is 2.27. The molecule has 0 aliphatic heterocycles. The van der Waals surface area contributed by atoms with E-state index < -0.39 is 6.04 Å². The van der Waals surface area contributed by atoms with E-state index in [-0.39, 0.29) is 25.0 Å². The lowest BCUT2D eigenvalue weighted by atomic mass is 10.1. The molecule has 0 heterocycles. The van der Waals surface area contributed by atoms with E-state index in [0.717, 1.165) is 11.1 Å². The fourth-order valence-electron chi connectivity index (χ4n) is 3.39. The van der Waals surface area contributed by atoms with Gasteiger partial charge in [0.05, 0.1) is 0 Å². The summed E-state index contributed by atoms with van der Waals surface area (Å²) < 4.78 is 5.79. The molecule has 1 atom stereocenters. The summed E-state index contributed by atoms with van der Waals surface area (Å²) in [5.74, 6) is 0.311. The van der Waals surface area contributed by atoms with Gasteiger partial charge in [-0.05, 0) is 67.1 Å². The van der Waals surface area contributed by atoms with Crippen molar-refractivity contribution in [2.75, 3.05) is 13.2 Å². The van der Waals surface area contributed by atoms with Gasteiger partial charge in [0.1, 0.15) is 11.8 Å². The van der Waals surface area contributed by atoms with Crippen LogP contribution in [0.25, 0.3) is 0 Å². The standard InChI is InChI=1S/C25H31Cl3N2O3/c1-6-22(25(32)29-12-15(2)3)30(13-18-7-8-19(26)11-21(18)27)23(31)14-33-20-9-16(4)24(28)17(5)10-20/h7-11,15,22H,6,12-14H2,1-5H3,(H,29,32)/t22-/m1/s1. The minimum atomic E-state index is -0.666. The number of rotatable bonds is 10. The minimum Gasteiger partial charge on any atom is -0.484 e. The van der Waals surface area contributed by atoms with Gasteiger partial charge in [0.2, 0.25) is 5.91 Å².